The number of hydrogen-bond acceptors (Lipinski definition) is 6. The summed E-state index contributed by atoms with van der Waals surface area (Å²) in [4.78, 5) is 36.6. The third kappa shape index (κ3) is 4.52. The van der Waals surface area contributed by atoms with E-state index >= 15 is 0 Å². The quantitative estimate of drug-likeness (QED) is 0.737. The molecule has 34 heavy (non-hydrogen) atoms. The molecule has 0 bridgehead atoms. The van der Waals surface area contributed by atoms with Gasteiger partial charge in [-0.2, -0.15) is 10.1 Å². The van der Waals surface area contributed by atoms with Gasteiger partial charge in [-0.1, -0.05) is 0 Å². The van der Waals surface area contributed by atoms with E-state index in [1.165, 1.54) is 17.1 Å². The number of hydrogen-bond donors (Lipinski definition) is 1. The average molecular weight is 473 g/mol. The van der Waals surface area contributed by atoms with Gasteiger partial charge in [0.1, 0.15) is 11.6 Å². The summed E-state index contributed by atoms with van der Waals surface area (Å²) in [5.41, 5.74) is 0.336. The van der Waals surface area contributed by atoms with Gasteiger partial charge >= 0.3 is 6.03 Å². The van der Waals surface area contributed by atoms with Crippen molar-refractivity contribution < 1.29 is 22.8 Å². The first kappa shape index (κ1) is 22.1. The molecule has 1 aromatic heterocycles. The van der Waals surface area contributed by atoms with Crippen LogP contribution < -0.4 is 10.2 Å². The number of anilines is 2. The summed E-state index contributed by atoms with van der Waals surface area (Å²) in [6.45, 7) is 1.40. The van der Waals surface area contributed by atoms with Crippen LogP contribution in [0.3, 0.4) is 0 Å². The number of urea groups is 1. The van der Waals surface area contributed by atoms with E-state index in [0.717, 1.165) is 25.1 Å². The summed E-state index contributed by atoms with van der Waals surface area (Å²) in [5.74, 6) is -2.38. The Morgan fingerprint density at radius 3 is 2.38 bits per heavy atom. The normalized spacial score (nSPS) is 20.1. The highest BCUT2D eigenvalue weighted by Gasteiger charge is 2.34. The zero-order valence-corrected chi connectivity index (χ0v) is 18.1. The van der Waals surface area contributed by atoms with Crippen molar-refractivity contribution >= 4 is 29.9 Å². The topological polar surface area (TPSA) is 94.0 Å². The number of benzene rings is 1. The molecule has 2 aromatic rings. The first-order valence-electron chi connectivity index (χ1n) is 11.0. The molecule has 1 aliphatic carbocycles. The molecule has 3 aliphatic rings. The first-order valence-corrected chi connectivity index (χ1v) is 11.0. The summed E-state index contributed by atoms with van der Waals surface area (Å²) in [5, 5.41) is 7.88. The number of amides is 3. The second-order valence-electron chi connectivity index (χ2n) is 8.48. The predicted octanol–water partition coefficient (Wildman–Crippen LogP) is 2.92. The molecule has 178 valence electrons. The van der Waals surface area contributed by atoms with Gasteiger partial charge in [-0.05, 0) is 30.5 Å². The van der Waals surface area contributed by atoms with E-state index in [0.29, 0.717) is 38.2 Å². The molecule has 3 amide bonds. The average Bonchev–Trinajstić information content (AvgIpc) is 3.56. The maximum atomic E-state index is 14.1. The van der Waals surface area contributed by atoms with E-state index in [1.54, 1.807) is 16.0 Å². The van der Waals surface area contributed by atoms with E-state index in [4.69, 9.17) is 0 Å². The second kappa shape index (κ2) is 8.92. The van der Waals surface area contributed by atoms with E-state index in [2.05, 4.69) is 20.4 Å². The molecule has 9 nitrogen and oxygen atoms in total. The molecule has 1 atom stereocenters. The largest absolute Gasteiger partial charge is 0.341 e. The van der Waals surface area contributed by atoms with Crippen molar-refractivity contribution in [2.24, 2.45) is 11.0 Å². The molecular formula is C22H22F3N7O2. The van der Waals surface area contributed by atoms with Crippen molar-refractivity contribution in [1.82, 2.24) is 19.9 Å². The van der Waals surface area contributed by atoms with Crippen LogP contribution in [-0.2, 0) is 4.79 Å². The molecule has 1 aromatic carbocycles. The van der Waals surface area contributed by atoms with Crippen LogP contribution in [0.5, 0.6) is 0 Å². The number of piperazine rings is 1. The zero-order valence-electron chi connectivity index (χ0n) is 18.1. The predicted molar refractivity (Wildman–Crippen MR) is 117 cm³/mol. The second-order valence-corrected chi connectivity index (χ2v) is 8.48. The van der Waals surface area contributed by atoms with E-state index in [-0.39, 0.29) is 29.6 Å². The molecule has 0 spiro atoms. The van der Waals surface area contributed by atoms with Crippen molar-refractivity contribution in [3.05, 3.63) is 47.4 Å². The van der Waals surface area contributed by atoms with Gasteiger partial charge in [0.2, 0.25) is 11.9 Å². The fourth-order valence-electron chi connectivity index (χ4n) is 4.05. The van der Waals surface area contributed by atoms with E-state index in [9.17, 15) is 22.8 Å². The molecule has 1 unspecified atom stereocenters. The lowest BCUT2D eigenvalue weighted by atomic mass is 10.0. The number of carbonyl (C=O) groups excluding carboxylic acids is 2. The Kier molecular flexibility index (Phi) is 5.80. The van der Waals surface area contributed by atoms with Crippen LogP contribution in [0, 0.1) is 23.4 Å². The summed E-state index contributed by atoms with van der Waals surface area (Å²) >= 11 is 0. The monoisotopic (exact) mass is 473 g/mol. The van der Waals surface area contributed by atoms with Crippen LogP contribution in [0.15, 0.2) is 29.5 Å². The van der Waals surface area contributed by atoms with Gasteiger partial charge in [-0.15, -0.1) is 0 Å². The highest BCUT2D eigenvalue weighted by molar-refractivity contribution is 5.93. The van der Waals surface area contributed by atoms with Crippen LogP contribution in [0.1, 0.15) is 30.9 Å². The van der Waals surface area contributed by atoms with Crippen LogP contribution in [-0.4, -0.2) is 64.2 Å². The Balaban J connectivity index is 1.23. The highest BCUT2D eigenvalue weighted by atomic mass is 19.1. The van der Waals surface area contributed by atoms with Gasteiger partial charge in [-0.25, -0.2) is 28.0 Å². The lowest BCUT2D eigenvalue weighted by molar-refractivity contribution is -0.117. The number of carbonyl (C=O) groups is 2. The number of nitrogens with zero attached hydrogens (tertiary/aromatic N) is 6. The molecule has 2 fully saturated rings. The molecule has 5 rings (SSSR count). The van der Waals surface area contributed by atoms with E-state index < -0.39 is 23.5 Å². The molecule has 0 radical (unpaired) electrons. The molecule has 12 heteroatoms. The standard InChI is InChI=1S/C22H22F3N7O2/c23-15-9-14(10-16(24)11-15)18-3-4-27-32(18)22(34)31-7-5-30(6-8-31)21-26-12-17(25)19(29-21)28-20(33)13-1-2-13/h4,9-13,18H,1-3,5-8H2,(H,26,28,29,33). The summed E-state index contributed by atoms with van der Waals surface area (Å²) in [6, 6.07) is 2.22. The van der Waals surface area contributed by atoms with Crippen molar-refractivity contribution in [1.29, 1.82) is 0 Å². The molecule has 3 heterocycles. The SMILES string of the molecule is O=C(Nc1nc(N2CCN(C(=O)N3N=CCC3c3cc(F)cc(F)c3)CC2)ncc1F)C1CC1. The van der Waals surface area contributed by atoms with Crippen LogP contribution in [0.4, 0.5) is 29.7 Å². The minimum Gasteiger partial charge on any atom is -0.337 e. The third-order valence-electron chi connectivity index (χ3n) is 6.05. The molecular weight excluding hydrogens is 451 g/mol. The molecule has 1 saturated carbocycles. The highest BCUT2D eigenvalue weighted by Crippen LogP contribution is 2.31. The van der Waals surface area contributed by atoms with Gasteiger partial charge < -0.3 is 15.1 Å². The van der Waals surface area contributed by atoms with Crippen molar-refractivity contribution in [2.75, 3.05) is 36.4 Å². The lowest BCUT2D eigenvalue weighted by Crippen LogP contribution is -2.52. The number of rotatable bonds is 4. The summed E-state index contributed by atoms with van der Waals surface area (Å²) in [7, 11) is 0. The van der Waals surface area contributed by atoms with Crippen molar-refractivity contribution in [3.8, 4) is 0 Å². The van der Waals surface area contributed by atoms with Crippen molar-refractivity contribution in [2.45, 2.75) is 25.3 Å². The van der Waals surface area contributed by atoms with Gasteiger partial charge in [0, 0.05) is 50.8 Å². The van der Waals surface area contributed by atoms with Crippen LogP contribution in [0.25, 0.3) is 0 Å². The number of halogens is 3. The Bertz CT molecular complexity index is 1130. The Labute approximate surface area is 193 Å². The zero-order chi connectivity index (χ0) is 23.8. The molecule has 2 aliphatic heterocycles. The third-order valence-corrected chi connectivity index (χ3v) is 6.05. The van der Waals surface area contributed by atoms with Gasteiger partial charge in [0.25, 0.3) is 0 Å². The summed E-state index contributed by atoms with van der Waals surface area (Å²) < 4.78 is 41.4. The molecule has 1 N–H and O–H groups in total. The lowest BCUT2D eigenvalue weighted by Gasteiger charge is -2.37. The Morgan fingerprint density at radius 2 is 1.71 bits per heavy atom. The fourth-order valence-corrected chi connectivity index (χ4v) is 4.05. The fraction of sp³-hybridized carbons (Fsp3) is 0.409. The van der Waals surface area contributed by atoms with E-state index in [1.807, 2.05) is 0 Å². The minimum atomic E-state index is -0.713. The Morgan fingerprint density at radius 1 is 1.00 bits per heavy atom. The first-order chi connectivity index (χ1) is 16.4. The smallest absolute Gasteiger partial charge is 0.337 e. The number of nitrogens with one attached hydrogen (secondary N) is 1. The van der Waals surface area contributed by atoms with Crippen molar-refractivity contribution in [3.63, 3.8) is 0 Å². The van der Waals surface area contributed by atoms with Crippen LogP contribution in [0.2, 0.25) is 0 Å². The Hall–Kier alpha value is -3.70. The maximum absolute atomic E-state index is 14.1. The van der Waals surface area contributed by atoms with Gasteiger partial charge in [0.15, 0.2) is 11.6 Å². The summed E-state index contributed by atoms with van der Waals surface area (Å²) in [6.07, 6.45) is 4.50. The number of aromatic nitrogens is 2. The number of hydrazone groups is 1. The van der Waals surface area contributed by atoms with Gasteiger partial charge in [-0.3, -0.25) is 4.79 Å². The van der Waals surface area contributed by atoms with Gasteiger partial charge in [0.05, 0.1) is 12.2 Å². The minimum absolute atomic E-state index is 0.0895. The molecule has 1 saturated heterocycles. The van der Waals surface area contributed by atoms with Crippen LogP contribution >= 0.6 is 0 Å². The maximum Gasteiger partial charge on any atom is 0.341 e.